The van der Waals surface area contributed by atoms with Gasteiger partial charge in [0.15, 0.2) is 0 Å². The summed E-state index contributed by atoms with van der Waals surface area (Å²) >= 11 is 0. The molecule has 7 nitrogen and oxygen atoms in total. The highest BCUT2D eigenvalue weighted by Gasteiger charge is 2.13. The fourth-order valence-electron chi connectivity index (χ4n) is 2.77. The zero-order chi connectivity index (χ0) is 17.5. The minimum atomic E-state index is -0.191. The van der Waals surface area contributed by atoms with Gasteiger partial charge in [-0.15, -0.1) is 0 Å². The van der Waals surface area contributed by atoms with Gasteiger partial charge in [-0.3, -0.25) is 0 Å². The van der Waals surface area contributed by atoms with Gasteiger partial charge in [0.25, 0.3) is 0 Å². The van der Waals surface area contributed by atoms with Gasteiger partial charge >= 0.3 is 6.03 Å². The quantitative estimate of drug-likeness (QED) is 0.837. The van der Waals surface area contributed by atoms with Crippen molar-refractivity contribution in [2.45, 2.75) is 25.9 Å². The first-order valence-corrected chi connectivity index (χ1v) is 8.55. The molecule has 2 N–H and O–H groups in total. The van der Waals surface area contributed by atoms with Gasteiger partial charge in [-0.2, -0.15) is 0 Å². The van der Waals surface area contributed by atoms with E-state index in [0.717, 1.165) is 43.4 Å². The van der Waals surface area contributed by atoms with Gasteiger partial charge in [-0.05, 0) is 36.8 Å². The summed E-state index contributed by atoms with van der Waals surface area (Å²) in [6.07, 6.45) is 4.08. The molecular weight excluding hydrogens is 320 g/mol. The van der Waals surface area contributed by atoms with Crippen LogP contribution in [0.2, 0.25) is 0 Å². The predicted molar refractivity (Wildman–Crippen MR) is 94.5 cm³/mol. The van der Waals surface area contributed by atoms with E-state index in [4.69, 9.17) is 9.15 Å². The Labute approximate surface area is 147 Å². The summed E-state index contributed by atoms with van der Waals surface area (Å²) in [5.41, 5.74) is 1.02. The third-order valence-electron chi connectivity index (χ3n) is 4.06. The minimum absolute atomic E-state index is 0.00694. The second kappa shape index (κ2) is 8.53. The molecule has 0 unspecified atom stereocenters. The maximum Gasteiger partial charge on any atom is 0.315 e. The molecule has 7 heteroatoms. The van der Waals surface area contributed by atoms with Gasteiger partial charge in [0.2, 0.25) is 0 Å². The summed E-state index contributed by atoms with van der Waals surface area (Å²) in [7, 11) is 0. The van der Waals surface area contributed by atoms with E-state index >= 15 is 0 Å². The topological polar surface area (TPSA) is 79.6 Å². The smallest absolute Gasteiger partial charge is 0.315 e. The lowest BCUT2D eigenvalue weighted by molar-refractivity contribution is 0.122. The minimum Gasteiger partial charge on any atom is -0.469 e. The van der Waals surface area contributed by atoms with Crippen LogP contribution in [0.25, 0.3) is 0 Å². The van der Waals surface area contributed by atoms with Crippen molar-refractivity contribution in [3.63, 3.8) is 0 Å². The number of anilines is 1. The third-order valence-corrected chi connectivity index (χ3v) is 4.06. The molecule has 0 aromatic carbocycles. The van der Waals surface area contributed by atoms with E-state index in [1.165, 1.54) is 0 Å². The number of aromatic nitrogens is 1. The first-order valence-electron chi connectivity index (χ1n) is 8.55. The van der Waals surface area contributed by atoms with Crippen LogP contribution in [-0.4, -0.2) is 43.4 Å². The fraction of sp³-hybridized carbons (Fsp3) is 0.444. The van der Waals surface area contributed by atoms with Crippen LogP contribution in [0, 0.1) is 0 Å². The highest BCUT2D eigenvalue weighted by atomic mass is 16.5. The third kappa shape index (κ3) is 5.22. The molecule has 1 aliphatic heterocycles. The molecule has 25 heavy (non-hydrogen) atoms. The van der Waals surface area contributed by atoms with E-state index in [0.29, 0.717) is 13.0 Å². The normalized spacial score (nSPS) is 15.6. The first-order chi connectivity index (χ1) is 12.2. The van der Waals surface area contributed by atoms with Crippen molar-refractivity contribution >= 4 is 11.8 Å². The number of carbonyl (C=O) groups excluding carboxylic acids is 1. The zero-order valence-corrected chi connectivity index (χ0v) is 14.4. The van der Waals surface area contributed by atoms with E-state index in [2.05, 4.69) is 20.5 Å². The van der Waals surface area contributed by atoms with Gasteiger partial charge in [0, 0.05) is 38.3 Å². The summed E-state index contributed by atoms with van der Waals surface area (Å²) < 4.78 is 10.7. The number of nitrogens with one attached hydrogen (secondary N) is 2. The van der Waals surface area contributed by atoms with E-state index in [-0.39, 0.29) is 12.1 Å². The van der Waals surface area contributed by atoms with Crippen molar-refractivity contribution in [1.82, 2.24) is 15.6 Å². The predicted octanol–water partition coefficient (Wildman–Crippen LogP) is 1.94. The fourth-order valence-corrected chi connectivity index (χ4v) is 2.77. The molecule has 0 aliphatic carbocycles. The number of nitrogens with zero attached hydrogens (tertiary/aromatic N) is 2. The van der Waals surface area contributed by atoms with E-state index < -0.39 is 0 Å². The summed E-state index contributed by atoms with van der Waals surface area (Å²) in [5, 5.41) is 5.80. The van der Waals surface area contributed by atoms with Crippen molar-refractivity contribution in [2.24, 2.45) is 0 Å². The zero-order valence-electron chi connectivity index (χ0n) is 14.4. The molecule has 2 aromatic rings. The lowest BCUT2D eigenvalue weighted by Gasteiger charge is -2.28. The Balaban J connectivity index is 1.46. The molecule has 1 saturated heterocycles. The Morgan fingerprint density at radius 1 is 1.36 bits per heavy atom. The molecule has 1 fully saturated rings. The number of amides is 2. The van der Waals surface area contributed by atoms with Crippen molar-refractivity contribution in [3.05, 3.63) is 48.0 Å². The number of urea groups is 1. The maximum absolute atomic E-state index is 12.0. The van der Waals surface area contributed by atoms with Crippen LogP contribution in [0.1, 0.15) is 18.2 Å². The number of ether oxygens (including phenoxy) is 1. The molecule has 2 aromatic heterocycles. The molecule has 3 rings (SSSR count). The Bertz CT molecular complexity index is 669. The van der Waals surface area contributed by atoms with Gasteiger partial charge in [0.1, 0.15) is 11.6 Å². The van der Waals surface area contributed by atoms with Crippen LogP contribution in [0.4, 0.5) is 10.6 Å². The van der Waals surface area contributed by atoms with Gasteiger partial charge < -0.3 is 24.7 Å². The monoisotopic (exact) mass is 344 g/mol. The molecule has 3 heterocycles. The van der Waals surface area contributed by atoms with Crippen LogP contribution >= 0.6 is 0 Å². The van der Waals surface area contributed by atoms with Crippen LogP contribution < -0.4 is 15.5 Å². The average molecular weight is 344 g/mol. The number of carbonyl (C=O) groups is 1. The van der Waals surface area contributed by atoms with Crippen LogP contribution in [0.15, 0.2) is 41.1 Å². The number of rotatable bonds is 6. The number of hydrogen-bond acceptors (Lipinski definition) is 5. The summed E-state index contributed by atoms with van der Waals surface area (Å²) in [6, 6.07) is 7.47. The SMILES string of the molecule is C[C@@H](Cc1ccco1)NC(=O)NCc1ccnc(N2CCOCC2)c1. The lowest BCUT2D eigenvalue weighted by atomic mass is 10.2. The van der Waals surface area contributed by atoms with Crippen molar-refractivity contribution in [3.8, 4) is 0 Å². The second-order valence-corrected chi connectivity index (χ2v) is 6.13. The van der Waals surface area contributed by atoms with E-state index in [9.17, 15) is 4.79 Å². The van der Waals surface area contributed by atoms with E-state index in [1.54, 1.807) is 12.5 Å². The van der Waals surface area contributed by atoms with E-state index in [1.807, 2.05) is 31.2 Å². The molecule has 0 bridgehead atoms. The second-order valence-electron chi connectivity index (χ2n) is 6.13. The highest BCUT2D eigenvalue weighted by molar-refractivity contribution is 5.74. The van der Waals surface area contributed by atoms with Gasteiger partial charge in [-0.1, -0.05) is 0 Å². The highest BCUT2D eigenvalue weighted by Crippen LogP contribution is 2.14. The standard InChI is InChI=1S/C18H24N4O3/c1-14(11-16-3-2-8-25-16)21-18(23)20-13-15-4-5-19-17(12-15)22-6-9-24-10-7-22/h2-5,8,12,14H,6-7,9-11,13H2,1H3,(H2,20,21,23)/t14-/m0/s1. The maximum atomic E-state index is 12.0. The average Bonchev–Trinajstić information content (AvgIpc) is 3.14. The Kier molecular flexibility index (Phi) is 5.90. The van der Waals surface area contributed by atoms with Crippen LogP contribution in [0.5, 0.6) is 0 Å². The summed E-state index contributed by atoms with van der Waals surface area (Å²) in [4.78, 5) is 18.7. The van der Waals surface area contributed by atoms with Crippen molar-refractivity contribution in [2.75, 3.05) is 31.2 Å². The Hall–Kier alpha value is -2.54. The van der Waals surface area contributed by atoms with Gasteiger partial charge in [0.05, 0.1) is 19.5 Å². The number of hydrogen-bond donors (Lipinski definition) is 2. The summed E-state index contributed by atoms with van der Waals surface area (Å²) in [6.45, 7) is 5.54. The lowest BCUT2D eigenvalue weighted by Crippen LogP contribution is -2.41. The Morgan fingerprint density at radius 3 is 2.96 bits per heavy atom. The summed E-state index contributed by atoms with van der Waals surface area (Å²) in [5.74, 6) is 1.78. The molecular formula is C18H24N4O3. The molecule has 0 saturated carbocycles. The number of morpholine rings is 1. The van der Waals surface area contributed by atoms with Gasteiger partial charge in [-0.25, -0.2) is 9.78 Å². The Morgan fingerprint density at radius 2 is 2.20 bits per heavy atom. The molecule has 2 amide bonds. The molecule has 0 spiro atoms. The largest absolute Gasteiger partial charge is 0.469 e. The van der Waals surface area contributed by atoms with Crippen molar-refractivity contribution in [1.29, 1.82) is 0 Å². The van der Waals surface area contributed by atoms with Crippen LogP contribution in [-0.2, 0) is 17.7 Å². The number of furan rings is 1. The number of pyridine rings is 1. The van der Waals surface area contributed by atoms with Crippen molar-refractivity contribution < 1.29 is 13.9 Å². The molecule has 0 radical (unpaired) electrons. The first kappa shape index (κ1) is 17.3. The van der Waals surface area contributed by atoms with Crippen LogP contribution in [0.3, 0.4) is 0 Å². The molecule has 134 valence electrons. The molecule has 1 aliphatic rings. The molecule has 1 atom stereocenters.